The maximum absolute atomic E-state index is 13.8. The molecule has 0 atom stereocenters. The summed E-state index contributed by atoms with van der Waals surface area (Å²) in [6.07, 6.45) is -0.315. The van der Waals surface area contributed by atoms with Gasteiger partial charge in [0.25, 0.3) is 5.92 Å². The molecule has 1 aromatic carbocycles. The molecular weight excluding hydrogens is 230 g/mol. The second-order valence-electron chi connectivity index (χ2n) is 3.74. The van der Waals surface area contributed by atoms with E-state index < -0.39 is 24.7 Å². The number of halogens is 2. The Hall–Kier alpha value is -1.91. The Morgan fingerprint density at radius 3 is 2.76 bits per heavy atom. The molecule has 5 heteroatoms. The van der Waals surface area contributed by atoms with Crippen LogP contribution in [0.2, 0.25) is 0 Å². The summed E-state index contributed by atoms with van der Waals surface area (Å²) in [5, 5.41) is 8.75. The summed E-state index contributed by atoms with van der Waals surface area (Å²) in [5.74, 6) is -4.43. The number of carbonyl (C=O) groups is 1. The smallest absolute Gasteiger partial charge is 0.303 e. The molecule has 0 radical (unpaired) electrons. The first-order chi connectivity index (χ1) is 8.00. The van der Waals surface area contributed by atoms with Gasteiger partial charge in [-0.25, -0.2) is 8.78 Å². The van der Waals surface area contributed by atoms with Crippen molar-refractivity contribution < 1.29 is 23.1 Å². The quantitative estimate of drug-likeness (QED) is 0.891. The minimum Gasteiger partial charge on any atom is -0.481 e. The van der Waals surface area contributed by atoms with Gasteiger partial charge in [-0.2, -0.15) is 0 Å². The Labute approximate surface area is 95.7 Å². The fourth-order valence-corrected chi connectivity index (χ4v) is 1.66. The van der Waals surface area contributed by atoms with Gasteiger partial charge in [0, 0.05) is 11.8 Å². The molecule has 2 rings (SSSR count). The number of furan rings is 1. The van der Waals surface area contributed by atoms with Gasteiger partial charge in [0.15, 0.2) is 0 Å². The average molecular weight is 240 g/mol. The van der Waals surface area contributed by atoms with Gasteiger partial charge in [0.2, 0.25) is 0 Å². The minimum absolute atomic E-state index is 0.255. The molecule has 0 spiro atoms. The fourth-order valence-electron chi connectivity index (χ4n) is 1.66. The Kier molecular flexibility index (Phi) is 2.83. The van der Waals surface area contributed by atoms with Crippen LogP contribution in [0.15, 0.2) is 34.9 Å². The molecule has 1 heterocycles. The number of para-hydroxylation sites is 1. The third kappa shape index (κ3) is 2.27. The molecule has 0 unspecified atom stereocenters. The SMILES string of the molecule is O=C(O)CCC(F)(F)c1coc2ccccc12. The topological polar surface area (TPSA) is 50.4 Å². The van der Waals surface area contributed by atoms with Crippen LogP contribution in [-0.4, -0.2) is 11.1 Å². The molecule has 0 saturated carbocycles. The highest BCUT2D eigenvalue weighted by Crippen LogP contribution is 2.38. The predicted octanol–water partition coefficient (Wildman–Crippen LogP) is 3.39. The largest absolute Gasteiger partial charge is 0.481 e. The lowest BCUT2D eigenvalue weighted by atomic mass is 10.0. The molecule has 0 aliphatic rings. The zero-order valence-corrected chi connectivity index (χ0v) is 8.82. The lowest BCUT2D eigenvalue weighted by Crippen LogP contribution is -2.14. The lowest BCUT2D eigenvalue weighted by molar-refractivity contribution is -0.139. The molecule has 0 saturated heterocycles. The van der Waals surface area contributed by atoms with Crippen molar-refractivity contribution in [2.75, 3.05) is 0 Å². The molecule has 1 aromatic heterocycles. The summed E-state index contributed by atoms with van der Waals surface area (Å²) in [7, 11) is 0. The number of aliphatic carboxylic acids is 1. The van der Waals surface area contributed by atoms with E-state index >= 15 is 0 Å². The molecular formula is C12H10F2O3. The van der Waals surface area contributed by atoms with E-state index in [2.05, 4.69) is 0 Å². The summed E-state index contributed by atoms with van der Waals surface area (Å²) >= 11 is 0. The Morgan fingerprint density at radius 2 is 2.06 bits per heavy atom. The van der Waals surface area contributed by atoms with Crippen LogP contribution in [0.1, 0.15) is 18.4 Å². The average Bonchev–Trinajstić information content (AvgIpc) is 2.71. The maximum atomic E-state index is 13.8. The van der Waals surface area contributed by atoms with Crippen molar-refractivity contribution in [1.29, 1.82) is 0 Å². The number of alkyl halides is 2. The van der Waals surface area contributed by atoms with Crippen LogP contribution in [0.3, 0.4) is 0 Å². The molecule has 0 aliphatic heterocycles. The van der Waals surface area contributed by atoms with Crippen LogP contribution in [0, 0.1) is 0 Å². The minimum atomic E-state index is -3.19. The Balaban J connectivity index is 2.35. The number of hydrogen-bond acceptors (Lipinski definition) is 2. The van der Waals surface area contributed by atoms with Crippen molar-refractivity contribution in [3.8, 4) is 0 Å². The number of carboxylic acid groups (broad SMARTS) is 1. The van der Waals surface area contributed by atoms with Crippen LogP contribution in [0.5, 0.6) is 0 Å². The predicted molar refractivity (Wildman–Crippen MR) is 57.0 cm³/mol. The molecule has 17 heavy (non-hydrogen) atoms. The second kappa shape index (κ2) is 4.16. The summed E-state index contributed by atoms with van der Waals surface area (Å²) in [4.78, 5) is 10.3. The Bertz CT molecular complexity index is 545. The molecule has 0 bridgehead atoms. The van der Waals surface area contributed by atoms with Gasteiger partial charge in [-0.05, 0) is 6.07 Å². The zero-order valence-electron chi connectivity index (χ0n) is 8.82. The summed E-state index contributed by atoms with van der Waals surface area (Å²) in [6.45, 7) is 0. The molecule has 1 N–H and O–H groups in total. The van der Waals surface area contributed by atoms with Gasteiger partial charge in [-0.15, -0.1) is 0 Å². The summed E-state index contributed by atoms with van der Waals surface area (Å²) in [6, 6.07) is 6.44. The van der Waals surface area contributed by atoms with E-state index in [9.17, 15) is 13.6 Å². The van der Waals surface area contributed by atoms with Crippen molar-refractivity contribution in [1.82, 2.24) is 0 Å². The van der Waals surface area contributed by atoms with Crippen LogP contribution in [0.25, 0.3) is 11.0 Å². The summed E-state index contributed by atoms with van der Waals surface area (Å²) < 4.78 is 32.5. The van der Waals surface area contributed by atoms with Gasteiger partial charge >= 0.3 is 5.97 Å². The van der Waals surface area contributed by atoms with Crippen molar-refractivity contribution in [2.45, 2.75) is 18.8 Å². The normalized spacial score (nSPS) is 11.9. The monoisotopic (exact) mass is 240 g/mol. The van der Waals surface area contributed by atoms with Gasteiger partial charge in [0.1, 0.15) is 11.8 Å². The molecule has 2 aromatic rings. The van der Waals surface area contributed by atoms with Crippen LogP contribution >= 0.6 is 0 Å². The number of fused-ring (bicyclic) bond motifs is 1. The second-order valence-corrected chi connectivity index (χ2v) is 3.74. The van der Waals surface area contributed by atoms with E-state index in [0.717, 1.165) is 6.26 Å². The van der Waals surface area contributed by atoms with Crippen molar-refractivity contribution in [3.63, 3.8) is 0 Å². The summed E-state index contributed by atoms with van der Waals surface area (Å²) in [5.41, 5.74) is 0.117. The van der Waals surface area contributed by atoms with E-state index in [4.69, 9.17) is 9.52 Å². The fraction of sp³-hybridized carbons (Fsp3) is 0.250. The highest BCUT2D eigenvalue weighted by molar-refractivity contribution is 5.81. The van der Waals surface area contributed by atoms with E-state index in [-0.39, 0.29) is 5.56 Å². The number of rotatable bonds is 4. The van der Waals surface area contributed by atoms with E-state index in [1.54, 1.807) is 18.2 Å². The standard InChI is InChI=1S/C12H10F2O3/c13-12(14,6-5-11(15)16)9-7-17-10-4-2-1-3-8(9)10/h1-4,7H,5-6H2,(H,15,16). The van der Waals surface area contributed by atoms with Crippen LogP contribution in [-0.2, 0) is 10.7 Å². The maximum Gasteiger partial charge on any atom is 0.303 e. The highest BCUT2D eigenvalue weighted by Gasteiger charge is 2.35. The number of carboxylic acids is 1. The molecule has 0 amide bonds. The third-order valence-electron chi connectivity index (χ3n) is 2.53. The molecule has 90 valence electrons. The third-order valence-corrected chi connectivity index (χ3v) is 2.53. The van der Waals surface area contributed by atoms with Crippen molar-refractivity contribution in [3.05, 3.63) is 36.1 Å². The van der Waals surface area contributed by atoms with Gasteiger partial charge in [0.05, 0.1) is 12.0 Å². The number of benzene rings is 1. The van der Waals surface area contributed by atoms with Crippen molar-refractivity contribution >= 4 is 16.9 Å². The molecule has 3 nitrogen and oxygen atoms in total. The van der Waals surface area contributed by atoms with Gasteiger partial charge in [-0.3, -0.25) is 4.79 Å². The number of hydrogen-bond donors (Lipinski definition) is 1. The Morgan fingerprint density at radius 1 is 1.35 bits per heavy atom. The first kappa shape index (κ1) is 11.6. The van der Waals surface area contributed by atoms with E-state index in [0.29, 0.717) is 11.0 Å². The molecule has 0 fully saturated rings. The zero-order chi connectivity index (χ0) is 12.5. The van der Waals surface area contributed by atoms with Crippen LogP contribution < -0.4 is 0 Å². The first-order valence-electron chi connectivity index (χ1n) is 5.07. The van der Waals surface area contributed by atoms with E-state index in [1.165, 1.54) is 6.07 Å². The van der Waals surface area contributed by atoms with Gasteiger partial charge in [-0.1, -0.05) is 18.2 Å². The molecule has 0 aliphatic carbocycles. The van der Waals surface area contributed by atoms with Crippen molar-refractivity contribution in [2.24, 2.45) is 0 Å². The van der Waals surface area contributed by atoms with E-state index in [1.807, 2.05) is 0 Å². The van der Waals surface area contributed by atoms with Gasteiger partial charge < -0.3 is 9.52 Å². The lowest BCUT2D eigenvalue weighted by Gasteiger charge is -2.13. The first-order valence-corrected chi connectivity index (χ1v) is 5.07. The van der Waals surface area contributed by atoms with Crippen LogP contribution in [0.4, 0.5) is 8.78 Å². The highest BCUT2D eigenvalue weighted by atomic mass is 19.3.